The quantitative estimate of drug-likeness (QED) is 0.539. The molecule has 0 aliphatic rings. The van der Waals surface area contributed by atoms with Crippen LogP contribution in [0.3, 0.4) is 0 Å². The van der Waals surface area contributed by atoms with Gasteiger partial charge in [-0.15, -0.1) is 0 Å². The number of alkyl halides is 3. The van der Waals surface area contributed by atoms with Crippen LogP contribution in [0.15, 0.2) is 99.6 Å². The third-order valence-corrected chi connectivity index (χ3v) is 5.97. The lowest BCUT2D eigenvalue weighted by molar-refractivity contribution is -0.153. The van der Waals surface area contributed by atoms with Crippen molar-refractivity contribution < 1.29 is 17.9 Å². The monoisotopic (exact) mass is 362 g/mol. The zero-order valence-corrected chi connectivity index (χ0v) is 14.2. The molecule has 0 heterocycles. The Morgan fingerprint density at radius 2 is 1.08 bits per heavy atom. The van der Waals surface area contributed by atoms with E-state index >= 15 is 0 Å². The third-order valence-electron chi connectivity index (χ3n) is 3.53. The smallest absolute Gasteiger partial charge is 0.422 e. The molecule has 5 heteroatoms. The lowest BCUT2D eigenvalue weighted by Gasteiger charge is -2.23. The van der Waals surface area contributed by atoms with Gasteiger partial charge in [0.1, 0.15) is 5.75 Å². The maximum atomic E-state index is 12.3. The van der Waals surface area contributed by atoms with E-state index in [0.717, 1.165) is 4.90 Å². The number of halogens is 3. The lowest BCUT2D eigenvalue weighted by Crippen LogP contribution is -2.19. The van der Waals surface area contributed by atoms with E-state index in [9.17, 15) is 13.2 Å². The Labute approximate surface area is 147 Å². The largest absolute Gasteiger partial charge is 0.484 e. The molecule has 0 aliphatic carbocycles. The van der Waals surface area contributed by atoms with Crippen LogP contribution in [0.4, 0.5) is 13.2 Å². The van der Waals surface area contributed by atoms with Gasteiger partial charge in [-0.2, -0.15) is 24.1 Å². The zero-order valence-electron chi connectivity index (χ0n) is 13.3. The van der Waals surface area contributed by atoms with Crippen molar-refractivity contribution in [2.75, 3.05) is 6.61 Å². The molecule has 25 heavy (non-hydrogen) atoms. The molecule has 0 aliphatic heterocycles. The van der Waals surface area contributed by atoms with Crippen molar-refractivity contribution in [1.82, 2.24) is 0 Å². The fourth-order valence-corrected chi connectivity index (χ4v) is 4.74. The first kappa shape index (κ1) is 17.4. The van der Waals surface area contributed by atoms with Gasteiger partial charge in [-0.25, -0.2) is 0 Å². The third kappa shape index (κ3) is 4.79. The molecule has 0 radical (unpaired) electrons. The Balaban J connectivity index is 1.89. The molecule has 0 saturated carbocycles. The summed E-state index contributed by atoms with van der Waals surface area (Å²) >= 11 is 0. The van der Waals surface area contributed by atoms with Gasteiger partial charge >= 0.3 is 6.18 Å². The van der Waals surface area contributed by atoms with Crippen molar-refractivity contribution in [1.29, 1.82) is 0 Å². The molecule has 0 atom stereocenters. The van der Waals surface area contributed by atoms with Crippen LogP contribution in [0.5, 0.6) is 5.75 Å². The topological polar surface area (TPSA) is 9.23 Å². The minimum absolute atomic E-state index is 0.220. The van der Waals surface area contributed by atoms with Gasteiger partial charge in [0, 0.05) is 0 Å². The van der Waals surface area contributed by atoms with Gasteiger partial charge in [-0.1, -0.05) is 36.4 Å². The van der Waals surface area contributed by atoms with Crippen molar-refractivity contribution in [3.05, 3.63) is 84.9 Å². The summed E-state index contributed by atoms with van der Waals surface area (Å²) < 4.78 is 41.6. The molecule has 0 spiro atoms. The highest BCUT2D eigenvalue weighted by molar-refractivity contribution is 8.17. The number of benzene rings is 3. The molecule has 3 rings (SSSR count). The average Bonchev–Trinajstić information content (AvgIpc) is 2.62. The van der Waals surface area contributed by atoms with E-state index in [1.54, 1.807) is 12.1 Å². The number of hydrogen-bond acceptors (Lipinski definition) is 1. The molecule has 0 amide bonds. The van der Waals surface area contributed by atoms with Gasteiger partial charge in [-0.3, -0.25) is 0 Å². The van der Waals surface area contributed by atoms with Crippen LogP contribution in [-0.4, -0.2) is 12.8 Å². The Kier molecular flexibility index (Phi) is 5.34. The normalized spacial score (nSPS) is 11.9. The molecular formula is C20H17F3OS. The summed E-state index contributed by atoms with van der Waals surface area (Å²) in [5, 5.41) is 0. The first-order valence-corrected chi connectivity index (χ1v) is 9.07. The molecule has 3 aromatic carbocycles. The molecule has 0 N–H and O–H groups in total. The Morgan fingerprint density at radius 3 is 1.52 bits per heavy atom. The summed E-state index contributed by atoms with van der Waals surface area (Å²) in [4.78, 5) is 3.44. The minimum atomic E-state index is -4.33. The standard InChI is InChI=1S/C20H17F3OS/c21-20(22,23)15-24-16-11-13-19(14-12-16)25(17-7-3-1-4-8-17)18-9-5-2-6-10-18/h1-14,25H,15H2. The molecule has 0 unspecified atom stereocenters. The van der Waals surface area contributed by atoms with Crippen molar-refractivity contribution in [3.63, 3.8) is 0 Å². The number of ether oxygens (including phenoxy) is 1. The van der Waals surface area contributed by atoms with Crippen molar-refractivity contribution in [2.24, 2.45) is 0 Å². The maximum Gasteiger partial charge on any atom is 0.422 e. The Morgan fingerprint density at radius 1 is 0.640 bits per heavy atom. The van der Waals surface area contributed by atoms with Gasteiger partial charge in [0.2, 0.25) is 0 Å². The maximum absolute atomic E-state index is 12.3. The van der Waals surface area contributed by atoms with Crippen LogP contribution in [0.1, 0.15) is 0 Å². The van der Waals surface area contributed by atoms with E-state index in [0.29, 0.717) is 0 Å². The first-order valence-electron chi connectivity index (χ1n) is 7.73. The van der Waals surface area contributed by atoms with Crippen LogP contribution < -0.4 is 4.74 Å². The Hall–Kier alpha value is -2.40. The van der Waals surface area contributed by atoms with Crippen molar-refractivity contribution in [3.8, 4) is 5.75 Å². The van der Waals surface area contributed by atoms with Crippen LogP contribution in [0, 0.1) is 0 Å². The molecule has 0 bridgehead atoms. The van der Waals surface area contributed by atoms with E-state index in [1.807, 2.05) is 48.5 Å². The molecule has 1 nitrogen and oxygen atoms in total. The summed E-state index contributed by atoms with van der Waals surface area (Å²) in [5.74, 6) is 0.220. The van der Waals surface area contributed by atoms with E-state index in [1.165, 1.54) is 9.79 Å². The number of thiol groups is 1. The highest BCUT2D eigenvalue weighted by atomic mass is 32.2. The van der Waals surface area contributed by atoms with Crippen LogP contribution in [0.25, 0.3) is 0 Å². The summed E-state index contributed by atoms with van der Waals surface area (Å²) in [6.45, 7) is -1.28. The fraction of sp³-hybridized carbons (Fsp3) is 0.100. The van der Waals surface area contributed by atoms with Crippen molar-refractivity contribution in [2.45, 2.75) is 20.9 Å². The summed E-state index contributed by atoms with van der Waals surface area (Å²) in [6.07, 6.45) is -4.33. The first-order chi connectivity index (χ1) is 12.0. The highest BCUT2D eigenvalue weighted by Gasteiger charge is 2.28. The van der Waals surface area contributed by atoms with Crippen LogP contribution in [0.2, 0.25) is 0 Å². The molecule has 130 valence electrons. The van der Waals surface area contributed by atoms with E-state index in [4.69, 9.17) is 4.74 Å². The highest BCUT2D eigenvalue weighted by Crippen LogP contribution is 2.51. The predicted octanol–water partition coefficient (Wildman–Crippen LogP) is 6.11. The molecule has 0 aromatic heterocycles. The zero-order chi connectivity index (χ0) is 17.7. The number of rotatable bonds is 5. The summed E-state index contributed by atoms with van der Waals surface area (Å²) in [7, 11) is -0.768. The van der Waals surface area contributed by atoms with Crippen LogP contribution >= 0.6 is 10.9 Å². The average molecular weight is 362 g/mol. The molecule has 0 saturated heterocycles. The Bertz CT molecular complexity index is 747. The fourth-order valence-electron chi connectivity index (χ4n) is 2.46. The molecule has 0 fully saturated rings. The van der Waals surface area contributed by atoms with Crippen molar-refractivity contribution >= 4 is 10.9 Å². The second-order valence-corrected chi connectivity index (χ2v) is 7.62. The summed E-state index contributed by atoms with van der Waals surface area (Å²) in [6, 6.07) is 27.1. The van der Waals surface area contributed by atoms with Gasteiger partial charge in [-0.05, 0) is 63.2 Å². The lowest BCUT2D eigenvalue weighted by atomic mass is 10.3. The molecular weight excluding hydrogens is 345 g/mol. The van der Waals surface area contributed by atoms with Gasteiger partial charge < -0.3 is 4.74 Å². The van der Waals surface area contributed by atoms with E-state index < -0.39 is 23.7 Å². The van der Waals surface area contributed by atoms with Crippen LogP contribution in [-0.2, 0) is 0 Å². The van der Waals surface area contributed by atoms with Gasteiger partial charge in [0.05, 0.1) is 0 Å². The second-order valence-electron chi connectivity index (χ2n) is 5.40. The second kappa shape index (κ2) is 7.66. The van der Waals surface area contributed by atoms with E-state index in [-0.39, 0.29) is 5.75 Å². The summed E-state index contributed by atoms with van der Waals surface area (Å²) in [5.41, 5.74) is 0. The minimum Gasteiger partial charge on any atom is -0.484 e. The predicted molar refractivity (Wildman–Crippen MR) is 94.7 cm³/mol. The van der Waals surface area contributed by atoms with Gasteiger partial charge in [0.25, 0.3) is 0 Å². The number of hydrogen-bond donors (Lipinski definition) is 1. The van der Waals surface area contributed by atoms with E-state index in [2.05, 4.69) is 24.3 Å². The SMILES string of the molecule is FC(F)(F)COc1ccc([SH](c2ccccc2)c2ccccc2)cc1. The molecule has 3 aromatic rings. The van der Waals surface area contributed by atoms with Gasteiger partial charge in [0.15, 0.2) is 6.61 Å².